The second-order valence-electron chi connectivity index (χ2n) is 6.63. The molecule has 1 aromatic rings. The van der Waals surface area contributed by atoms with Crippen LogP contribution in [0, 0.1) is 11.3 Å². The summed E-state index contributed by atoms with van der Waals surface area (Å²) >= 11 is 0. The molecule has 25 heavy (non-hydrogen) atoms. The predicted molar refractivity (Wildman–Crippen MR) is 93.1 cm³/mol. The van der Waals surface area contributed by atoms with Crippen LogP contribution in [0.3, 0.4) is 0 Å². The monoisotopic (exact) mass is 339 g/mol. The Bertz CT molecular complexity index is 754. The van der Waals surface area contributed by atoms with Crippen molar-refractivity contribution in [3.8, 4) is 6.07 Å². The van der Waals surface area contributed by atoms with Crippen molar-refractivity contribution in [3.05, 3.63) is 59.8 Å². The van der Waals surface area contributed by atoms with Crippen molar-refractivity contribution in [3.63, 3.8) is 0 Å². The van der Waals surface area contributed by atoms with Crippen LogP contribution in [0.1, 0.15) is 31.9 Å². The molecule has 0 unspecified atom stereocenters. The topological polar surface area (TPSA) is 82.4 Å². The van der Waals surface area contributed by atoms with Gasteiger partial charge in [-0.25, -0.2) is 4.79 Å². The number of carbonyl (C=O) groups excluding carboxylic acids is 2. The Labute approximate surface area is 147 Å². The van der Waals surface area contributed by atoms with Gasteiger partial charge in [0.1, 0.15) is 11.6 Å². The number of rotatable bonds is 3. The minimum absolute atomic E-state index is 0.279. The average molecular weight is 339 g/mol. The van der Waals surface area contributed by atoms with Gasteiger partial charge in [0.15, 0.2) is 0 Å². The van der Waals surface area contributed by atoms with Crippen LogP contribution < -0.4 is 5.32 Å². The maximum absolute atomic E-state index is 12.7. The average Bonchev–Trinajstić information content (AvgIpc) is 2.69. The second-order valence-corrected chi connectivity index (χ2v) is 6.63. The van der Waals surface area contributed by atoms with E-state index in [1.54, 1.807) is 63.4 Å². The molecule has 6 heteroatoms. The van der Waals surface area contributed by atoms with Crippen LogP contribution >= 0.6 is 0 Å². The summed E-state index contributed by atoms with van der Waals surface area (Å²) in [5, 5.41) is 11.6. The zero-order chi connectivity index (χ0) is 18.4. The SMILES string of the molecule is CC(C)(C)OC(=O)N[C@H]1C=CC=CN(Cc2cccc(C#N)c2)C1=O. The van der Waals surface area contributed by atoms with Crippen molar-refractivity contribution >= 4 is 12.0 Å². The van der Waals surface area contributed by atoms with Crippen molar-refractivity contribution in [2.45, 2.75) is 39.0 Å². The highest BCUT2D eigenvalue weighted by Gasteiger charge is 2.26. The summed E-state index contributed by atoms with van der Waals surface area (Å²) < 4.78 is 5.20. The first kappa shape index (κ1) is 18.3. The molecule has 6 nitrogen and oxygen atoms in total. The summed E-state index contributed by atoms with van der Waals surface area (Å²) in [6, 6.07) is 8.32. The number of nitriles is 1. The fourth-order valence-corrected chi connectivity index (χ4v) is 2.27. The molecule has 0 spiro atoms. The van der Waals surface area contributed by atoms with Gasteiger partial charge in [-0.3, -0.25) is 4.79 Å². The Kier molecular flexibility index (Phi) is 5.60. The fraction of sp³-hybridized carbons (Fsp3) is 0.316. The zero-order valence-corrected chi connectivity index (χ0v) is 14.5. The van der Waals surface area contributed by atoms with Crippen molar-refractivity contribution in [2.75, 3.05) is 0 Å². The van der Waals surface area contributed by atoms with E-state index in [1.807, 2.05) is 6.07 Å². The van der Waals surface area contributed by atoms with E-state index in [0.29, 0.717) is 12.1 Å². The van der Waals surface area contributed by atoms with Crippen molar-refractivity contribution in [1.82, 2.24) is 10.2 Å². The number of nitrogens with one attached hydrogen (secondary N) is 1. The predicted octanol–water partition coefficient (Wildman–Crippen LogP) is 2.86. The van der Waals surface area contributed by atoms with E-state index in [-0.39, 0.29) is 5.91 Å². The van der Waals surface area contributed by atoms with Crippen LogP contribution in [0.15, 0.2) is 48.7 Å². The van der Waals surface area contributed by atoms with Gasteiger partial charge < -0.3 is 15.0 Å². The second kappa shape index (κ2) is 7.67. The van der Waals surface area contributed by atoms with Gasteiger partial charge in [-0.05, 0) is 44.5 Å². The molecule has 130 valence electrons. The molecular formula is C19H21N3O3. The number of carbonyl (C=O) groups is 2. The summed E-state index contributed by atoms with van der Waals surface area (Å²) in [5.41, 5.74) is 0.720. The Balaban J connectivity index is 2.09. The number of ether oxygens (including phenoxy) is 1. The molecular weight excluding hydrogens is 318 g/mol. The lowest BCUT2D eigenvalue weighted by Crippen LogP contribution is -2.46. The first-order valence-electron chi connectivity index (χ1n) is 7.92. The lowest BCUT2D eigenvalue weighted by Gasteiger charge is -2.24. The molecule has 1 aromatic carbocycles. The smallest absolute Gasteiger partial charge is 0.408 e. The highest BCUT2D eigenvalue weighted by atomic mass is 16.6. The minimum atomic E-state index is -0.816. The Morgan fingerprint density at radius 3 is 2.80 bits per heavy atom. The summed E-state index contributed by atoms with van der Waals surface area (Å²) in [5.74, 6) is -0.279. The number of benzene rings is 1. The van der Waals surface area contributed by atoms with E-state index in [9.17, 15) is 9.59 Å². The van der Waals surface area contributed by atoms with Crippen LogP contribution in [-0.2, 0) is 16.1 Å². The van der Waals surface area contributed by atoms with E-state index in [1.165, 1.54) is 4.90 Å². The van der Waals surface area contributed by atoms with E-state index in [0.717, 1.165) is 5.56 Å². The molecule has 0 radical (unpaired) electrons. The van der Waals surface area contributed by atoms with Crippen LogP contribution in [0.5, 0.6) is 0 Å². The van der Waals surface area contributed by atoms with E-state index < -0.39 is 17.7 Å². The summed E-state index contributed by atoms with van der Waals surface area (Å²) in [7, 11) is 0. The number of hydrogen-bond acceptors (Lipinski definition) is 4. The van der Waals surface area contributed by atoms with Gasteiger partial charge in [0.05, 0.1) is 18.2 Å². The number of nitrogens with zero attached hydrogens (tertiary/aromatic N) is 2. The van der Waals surface area contributed by atoms with Crippen molar-refractivity contribution in [1.29, 1.82) is 5.26 Å². The number of hydrogen-bond donors (Lipinski definition) is 1. The third-order valence-corrected chi connectivity index (χ3v) is 3.31. The largest absolute Gasteiger partial charge is 0.444 e. The van der Waals surface area contributed by atoms with Crippen LogP contribution in [0.25, 0.3) is 0 Å². The van der Waals surface area contributed by atoms with Crippen LogP contribution in [0.4, 0.5) is 4.79 Å². The van der Waals surface area contributed by atoms with Gasteiger partial charge in [-0.2, -0.15) is 5.26 Å². The highest BCUT2D eigenvalue weighted by molar-refractivity contribution is 5.88. The molecule has 1 aliphatic heterocycles. The normalized spacial score (nSPS) is 17.0. The summed E-state index contributed by atoms with van der Waals surface area (Å²) in [4.78, 5) is 26.1. The number of alkyl carbamates (subject to hydrolysis) is 1. The molecule has 2 amide bonds. The van der Waals surface area contributed by atoms with Gasteiger partial charge in [-0.15, -0.1) is 0 Å². The molecule has 0 bridgehead atoms. The van der Waals surface area contributed by atoms with Crippen LogP contribution in [-0.4, -0.2) is 28.5 Å². The molecule has 1 atom stereocenters. The molecule has 0 fully saturated rings. The Morgan fingerprint density at radius 1 is 1.36 bits per heavy atom. The van der Waals surface area contributed by atoms with E-state index in [2.05, 4.69) is 11.4 Å². The molecule has 1 aliphatic rings. The zero-order valence-electron chi connectivity index (χ0n) is 14.5. The van der Waals surface area contributed by atoms with Gasteiger partial charge in [0.25, 0.3) is 5.91 Å². The molecule has 0 aromatic heterocycles. The van der Waals surface area contributed by atoms with Crippen molar-refractivity contribution in [2.24, 2.45) is 0 Å². The van der Waals surface area contributed by atoms with Crippen molar-refractivity contribution < 1.29 is 14.3 Å². The quantitative estimate of drug-likeness (QED) is 0.918. The lowest BCUT2D eigenvalue weighted by molar-refractivity contribution is -0.130. The fourth-order valence-electron chi connectivity index (χ4n) is 2.27. The minimum Gasteiger partial charge on any atom is -0.444 e. The number of amides is 2. The number of allylic oxidation sites excluding steroid dienone is 2. The summed E-state index contributed by atoms with van der Waals surface area (Å²) in [6.45, 7) is 5.58. The van der Waals surface area contributed by atoms with Crippen LogP contribution in [0.2, 0.25) is 0 Å². The maximum Gasteiger partial charge on any atom is 0.408 e. The third-order valence-electron chi connectivity index (χ3n) is 3.31. The van der Waals surface area contributed by atoms with Gasteiger partial charge in [0, 0.05) is 6.20 Å². The third kappa shape index (κ3) is 5.50. The van der Waals surface area contributed by atoms with E-state index in [4.69, 9.17) is 10.00 Å². The summed E-state index contributed by atoms with van der Waals surface area (Å²) in [6.07, 6.45) is 6.03. The first-order valence-corrected chi connectivity index (χ1v) is 7.92. The highest BCUT2D eigenvalue weighted by Crippen LogP contribution is 2.13. The standard InChI is InChI=1S/C19H21N3O3/c1-19(2,3)25-18(24)21-16-9-4-5-10-22(17(16)23)13-15-8-6-7-14(11-15)12-20/h4-11,16H,13H2,1-3H3,(H,21,24)/t16-/m0/s1. The maximum atomic E-state index is 12.7. The van der Waals surface area contributed by atoms with Gasteiger partial charge >= 0.3 is 6.09 Å². The molecule has 2 rings (SSSR count). The van der Waals surface area contributed by atoms with E-state index >= 15 is 0 Å². The Hall–Kier alpha value is -3.07. The molecule has 1 heterocycles. The molecule has 0 saturated carbocycles. The molecule has 0 saturated heterocycles. The molecule has 1 N–H and O–H groups in total. The van der Waals surface area contributed by atoms with Gasteiger partial charge in [-0.1, -0.05) is 24.3 Å². The molecule has 0 aliphatic carbocycles. The Morgan fingerprint density at radius 2 is 2.12 bits per heavy atom. The lowest BCUT2D eigenvalue weighted by atomic mass is 10.1. The first-order chi connectivity index (χ1) is 11.8. The van der Waals surface area contributed by atoms with Gasteiger partial charge in [0.2, 0.25) is 0 Å².